The smallest absolute Gasteiger partial charge is 0.264 e. The number of halogens is 1. The highest BCUT2D eigenvalue weighted by Crippen LogP contribution is 2.28. The first-order valence-electron chi connectivity index (χ1n) is 9.03. The van der Waals surface area contributed by atoms with Crippen LogP contribution in [0.4, 0.5) is 11.4 Å². The molecule has 1 N–H and O–H groups in total. The predicted octanol–water partition coefficient (Wildman–Crippen LogP) is 4.73. The van der Waals surface area contributed by atoms with Gasteiger partial charge in [0.15, 0.2) is 0 Å². The van der Waals surface area contributed by atoms with Crippen molar-refractivity contribution in [3.8, 4) is 5.75 Å². The van der Waals surface area contributed by atoms with Crippen LogP contribution in [0.2, 0.25) is 5.02 Å². The Morgan fingerprint density at radius 3 is 2.37 bits per heavy atom. The van der Waals surface area contributed by atoms with Crippen LogP contribution in [0.15, 0.2) is 71.6 Å². The largest absolute Gasteiger partial charge is 0.497 e. The minimum Gasteiger partial charge on any atom is -0.497 e. The number of carbonyl (C=O) groups is 1. The molecule has 8 heteroatoms. The second-order valence-electron chi connectivity index (χ2n) is 6.64. The lowest BCUT2D eigenvalue weighted by Crippen LogP contribution is -2.26. The number of sulfonamides is 1. The Hall–Kier alpha value is -3.03. The topological polar surface area (TPSA) is 75.7 Å². The van der Waals surface area contributed by atoms with E-state index in [1.165, 1.54) is 32.4 Å². The van der Waals surface area contributed by atoms with E-state index in [4.69, 9.17) is 16.3 Å². The van der Waals surface area contributed by atoms with E-state index in [9.17, 15) is 13.2 Å². The van der Waals surface area contributed by atoms with Crippen LogP contribution in [-0.2, 0) is 10.0 Å². The molecule has 0 spiro atoms. The fourth-order valence-corrected chi connectivity index (χ4v) is 4.24. The number of nitrogens with one attached hydrogen (secondary N) is 1. The highest BCUT2D eigenvalue weighted by Gasteiger charge is 2.22. The number of benzene rings is 3. The summed E-state index contributed by atoms with van der Waals surface area (Å²) in [7, 11) is -0.774. The highest BCUT2D eigenvalue weighted by atomic mass is 35.5. The zero-order valence-corrected chi connectivity index (χ0v) is 18.3. The maximum absolute atomic E-state index is 12.9. The third kappa shape index (κ3) is 4.58. The van der Waals surface area contributed by atoms with Gasteiger partial charge in [-0.05, 0) is 49.4 Å². The van der Waals surface area contributed by atoms with E-state index < -0.39 is 15.9 Å². The second kappa shape index (κ2) is 8.77. The Morgan fingerprint density at radius 2 is 1.73 bits per heavy atom. The number of nitrogens with zero attached hydrogens (tertiary/aromatic N) is 1. The molecule has 0 saturated carbocycles. The van der Waals surface area contributed by atoms with Crippen LogP contribution in [0.3, 0.4) is 0 Å². The summed E-state index contributed by atoms with van der Waals surface area (Å²) in [6.07, 6.45) is 0. The summed E-state index contributed by atoms with van der Waals surface area (Å²) in [6.45, 7) is 1.88. The van der Waals surface area contributed by atoms with Gasteiger partial charge >= 0.3 is 0 Å². The molecule has 3 rings (SSSR count). The molecular formula is C22H21ClN2O4S. The van der Waals surface area contributed by atoms with Crippen molar-refractivity contribution in [1.82, 2.24) is 0 Å². The first-order valence-corrected chi connectivity index (χ1v) is 10.8. The molecule has 0 aliphatic rings. The number of ether oxygens (including phenoxy) is 1. The molecule has 0 saturated heterocycles. The van der Waals surface area contributed by atoms with Gasteiger partial charge in [-0.1, -0.05) is 35.4 Å². The van der Waals surface area contributed by atoms with E-state index in [0.717, 1.165) is 9.87 Å². The molecule has 0 aromatic heterocycles. The summed E-state index contributed by atoms with van der Waals surface area (Å²) in [4.78, 5) is 12.8. The normalized spacial score (nSPS) is 11.1. The zero-order valence-electron chi connectivity index (χ0n) is 16.7. The second-order valence-corrected chi connectivity index (χ2v) is 9.01. The van der Waals surface area contributed by atoms with Gasteiger partial charge in [0.25, 0.3) is 15.9 Å². The van der Waals surface area contributed by atoms with Gasteiger partial charge in [-0.15, -0.1) is 0 Å². The summed E-state index contributed by atoms with van der Waals surface area (Å²) >= 11 is 6.30. The summed E-state index contributed by atoms with van der Waals surface area (Å²) in [6, 6.07) is 18.0. The minimum absolute atomic E-state index is 0.138. The van der Waals surface area contributed by atoms with Crippen molar-refractivity contribution in [1.29, 1.82) is 0 Å². The molecule has 30 heavy (non-hydrogen) atoms. The van der Waals surface area contributed by atoms with Gasteiger partial charge in [-0.25, -0.2) is 8.42 Å². The number of hydrogen-bond donors (Lipinski definition) is 1. The number of carbonyl (C=O) groups excluding carboxylic acids is 1. The predicted molar refractivity (Wildman–Crippen MR) is 119 cm³/mol. The molecule has 3 aromatic rings. The maximum Gasteiger partial charge on any atom is 0.264 e. The van der Waals surface area contributed by atoms with Crippen molar-refractivity contribution in [2.24, 2.45) is 0 Å². The van der Waals surface area contributed by atoms with Crippen LogP contribution in [0.5, 0.6) is 5.75 Å². The van der Waals surface area contributed by atoms with Crippen molar-refractivity contribution in [2.45, 2.75) is 11.8 Å². The van der Waals surface area contributed by atoms with Crippen molar-refractivity contribution >= 4 is 38.9 Å². The number of anilines is 2. The lowest BCUT2D eigenvalue weighted by Gasteiger charge is -2.20. The number of rotatable bonds is 6. The van der Waals surface area contributed by atoms with Gasteiger partial charge in [0.05, 0.1) is 28.3 Å². The fraction of sp³-hybridized carbons (Fsp3) is 0.136. The van der Waals surface area contributed by atoms with Crippen molar-refractivity contribution in [2.75, 3.05) is 23.8 Å². The van der Waals surface area contributed by atoms with E-state index in [-0.39, 0.29) is 15.5 Å². The highest BCUT2D eigenvalue weighted by molar-refractivity contribution is 7.92. The molecule has 156 valence electrons. The Balaban J connectivity index is 1.83. The van der Waals surface area contributed by atoms with Gasteiger partial charge in [0.1, 0.15) is 5.75 Å². The lowest BCUT2D eigenvalue weighted by molar-refractivity contribution is 0.102. The number of methoxy groups -OCH3 is 1. The van der Waals surface area contributed by atoms with Crippen molar-refractivity contribution in [3.05, 3.63) is 82.9 Å². The number of hydrogen-bond acceptors (Lipinski definition) is 4. The molecule has 6 nitrogen and oxygen atoms in total. The average Bonchev–Trinajstić information content (AvgIpc) is 2.73. The summed E-state index contributed by atoms with van der Waals surface area (Å²) in [5.74, 6) is 0.195. The van der Waals surface area contributed by atoms with Crippen LogP contribution in [0.25, 0.3) is 0 Å². The Morgan fingerprint density at radius 1 is 1.03 bits per heavy atom. The molecule has 0 atom stereocenters. The summed E-state index contributed by atoms with van der Waals surface area (Å²) in [5, 5.41) is 2.89. The molecule has 0 fully saturated rings. The monoisotopic (exact) mass is 444 g/mol. The van der Waals surface area contributed by atoms with Gasteiger partial charge in [0.2, 0.25) is 0 Å². The number of aryl methyl sites for hydroxylation is 1. The third-order valence-electron chi connectivity index (χ3n) is 4.57. The van der Waals surface area contributed by atoms with Crippen LogP contribution in [0, 0.1) is 6.92 Å². The maximum atomic E-state index is 12.9. The van der Waals surface area contributed by atoms with Crippen molar-refractivity contribution in [3.63, 3.8) is 0 Å². The van der Waals surface area contributed by atoms with E-state index >= 15 is 0 Å². The van der Waals surface area contributed by atoms with E-state index in [1.54, 1.807) is 48.5 Å². The fourth-order valence-electron chi connectivity index (χ4n) is 2.79. The quantitative estimate of drug-likeness (QED) is 0.596. The lowest BCUT2D eigenvalue weighted by atomic mass is 10.2. The third-order valence-corrected chi connectivity index (χ3v) is 6.68. The molecule has 0 bridgehead atoms. The SMILES string of the molecule is COc1cccc(NC(=O)c2ccc(N(C)S(=O)(=O)c3ccc(C)cc3)cc2Cl)c1. The van der Waals surface area contributed by atoms with Gasteiger partial charge in [-0.3, -0.25) is 9.10 Å². The molecule has 0 unspecified atom stereocenters. The first kappa shape index (κ1) is 21.7. The standard InChI is InChI=1S/C22H21ClN2O4S/c1-15-7-10-19(11-8-15)30(27,28)25(2)17-9-12-20(21(23)14-17)22(26)24-16-5-4-6-18(13-16)29-3/h4-14H,1-3H3,(H,24,26). The Labute approximate surface area is 181 Å². The molecule has 3 aromatic carbocycles. The van der Waals surface area contributed by atoms with E-state index in [2.05, 4.69) is 5.32 Å². The van der Waals surface area contributed by atoms with E-state index in [1.807, 2.05) is 6.92 Å². The zero-order chi connectivity index (χ0) is 21.9. The van der Waals surface area contributed by atoms with Gasteiger partial charge < -0.3 is 10.1 Å². The molecule has 0 radical (unpaired) electrons. The van der Waals surface area contributed by atoms with Gasteiger partial charge in [-0.2, -0.15) is 0 Å². The Kier molecular flexibility index (Phi) is 6.34. The Bertz CT molecular complexity index is 1180. The van der Waals surface area contributed by atoms with Gasteiger partial charge in [0, 0.05) is 18.8 Å². The molecule has 0 aliphatic heterocycles. The summed E-state index contributed by atoms with van der Waals surface area (Å²) in [5.41, 5.74) is 2.09. The first-order chi connectivity index (χ1) is 14.2. The van der Waals surface area contributed by atoms with Crippen LogP contribution < -0.4 is 14.4 Å². The van der Waals surface area contributed by atoms with Crippen LogP contribution >= 0.6 is 11.6 Å². The van der Waals surface area contributed by atoms with E-state index in [0.29, 0.717) is 17.1 Å². The van der Waals surface area contributed by atoms with Crippen molar-refractivity contribution < 1.29 is 17.9 Å². The molecule has 0 aliphatic carbocycles. The number of amides is 1. The average molecular weight is 445 g/mol. The van der Waals surface area contributed by atoms with Crippen LogP contribution in [-0.4, -0.2) is 28.5 Å². The molecule has 0 heterocycles. The minimum atomic E-state index is -3.75. The molecule has 1 amide bonds. The van der Waals surface area contributed by atoms with Crippen LogP contribution in [0.1, 0.15) is 15.9 Å². The molecular weight excluding hydrogens is 424 g/mol. The summed E-state index contributed by atoms with van der Waals surface area (Å²) < 4.78 is 32.0.